The van der Waals surface area contributed by atoms with E-state index in [1.54, 1.807) is 0 Å². The highest BCUT2D eigenvalue weighted by atomic mass is 35.5. The van der Waals surface area contributed by atoms with Gasteiger partial charge in [-0.3, -0.25) is 4.90 Å². The molecule has 0 aliphatic carbocycles. The van der Waals surface area contributed by atoms with Crippen LogP contribution in [0.25, 0.3) is 0 Å². The molecular formula is C20H31ClN2O2. The number of ether oxygens (including phenoxy) is 2. The molecule has 3 fully saturated rings. The zero-order chi connectivity index (χ0) is 16.2. The molecule has 5 heteroatoms. The summed E-state index contributed by atoms with van der Waals surface area (Å²) in [5.74, 6) is 0.963. The van der Waals surface area contributed by atoms with Crippen molar-refractivity contribution < 1.29 is 9.47 Å². The molecule has 140 valence electrons. The van der Waals surface area contributed by atoms with Crippen molar-refractivity contribution in [3.8, 4) is 5.75 Å². The molecule has 1 atom stereocenters. The third kappa shape index (κ3) is 4.88. The Morgan fingerprint density at radius 2 is 1.96 bits per heavy atom. The molecule has 0 radical (unpaired) electrons. The molecule has 1 unspecified atom stereocenters. The van der Waals surface area contributed by atoms with E-state index in [1.165, 1.54) is 57.4 Å². The summed E-state index contributed by atoms with van der Waals surface area (Å²) in [6.07, 6.45) is 6.65. The van der Waals surface area contributed by atoms with Gasteiger partial charge in [-0.15, -0.1) is 12.4 Å². The third-order valence-corrected chi connectivity index (χ3v) is 5.97. The summed E-state index contributed by atoms with van der Waals surface area (Å²) in [6, 6.07) is 8.66. The van der Waals surface area contributed by atoms with E-state index in [2.05, 4.69) is 34.5 Å². The summed E-state index contributed by atoms with van der Waals surface area (Å²) < 4.78 is 11.5. The summed E-state index contributed by atoms with van der Waals surface area (Å²) >= 11 is 0. The third-order valence-electron chi connectivity index (χ3n) is 5.97. The lowest BCUT2D eigenvalue weighted by Crippen LogP contribution is -2.38. The van der Waals surface area contributed by atoms with Crippen molar-refractivity contribution in [2.45, 2.75) is 44.8 Å². The van der Waals surface area contributed by atoms with Gasteiger partial charge in [-0.1, -0.05) is 12.1 Å². The number of piperidine rings is 1. The molecule has 3 aliphatic heterocycles. The predicted octanol–water partition coefficient (Wildman–Crippen LogP) is 3.24. The normalized spacial score (nSPS) is 25.8. The monoisotopic (exact) mass is 366 g/mol. The molecule has 4 rings (SSSR count). The van der Waals surface area contributed by atoms with Crippen molar-refractivity contribution in [2.24, 2.45) is 5.41 Å². The van der Waals surface area contributed by atoms with Gasteiger partial charge in [-0.05, 0) is 74.8 Å². The largest absolute Gasteiger partial charge is 0.491 e. The number of nitrogens with zero attached hydrogens (tertiary/aromatic N) is 1. The van der Waals surface area contributed by atoms with Crippen LogP contribution in [-0.4, -0.2) is 50.4 Å². The van der Waals surface area contributed by atoms with Gasteiger partial charge in [0.1, 0.15) is 12.4 Å². The van der Waals surface area contributed by atoms with Gasteiger partial charge in [-0.25, -0.2) is 0 Å². The molecule has 3 heterocycles. The van der Waals surface area contributed by atoms with Crippen molar-refractivity contribution in [3.05, 3.63) is 29.8 Å². The SMILES string of the molecule is Cl.c1cc(OCC2CCCO2)ccc1CN1CCC2(CCNCC2)C1. The Balaban J connectivity index is 0.00000182. The molecule has 4 nitrogen and oxygen atoms in total. The van der Waals surface area contributed by atoms with Gasteiger partial charge in [0.05, 0.1) is 6.10 Å². The van der Waals surface area contributed by atoms with Gasteiger partial charge in [0, 0.05) is 19.7 Å². The lowest BCUT2D eigenvalue weighted by atomic mass is 9.78. The topological polar surface area (TPSA) is 33.7 Å². The Labute approximate surface area is 157 Å². The maximum atomic E-state index is 5.86. The molecule has 3 aliphatic rings. The number of rotatable bonds is 5. The van der Waals surface area contributed by atoms with Gasteiger partial charge < -0.3 is 14.8 Å². The Morgan fingerprint density at radius 3 is 2.68 bits per heavy atom. The lowest BCUT2D eigenvalue weighted by Gasteiger charge is -2.33. The van der Waals surface area contributed by atoms with Crippen molar-refractivity contribution in [2.75, 3.05) is 39.4 Å². The van der Waals surface area contributed by atoms with E-state index < -0.39 is 0 Å². The highest BCUT2D eigenvalue weighted by Gasteiger charge is 2.38. The fourth-order valence-electron chi connectivity index (χ4n) is 4.44. The van der Waals surface area contributed by atoms with Gasteiger partial charge in [0.25, 0.3) is 0 Å². The van der Waals surface area contributed by atoms with Crippen molar-refractivity contribution in [1.82, 2.24) is 10.2 Å². The smallest absolute Gasteiger partial charge is 0.119 e. The number of halogens is 1. The summed E-state index contributed by atoms with van der Waals surface area (Å²) in [6.45, 7) is 7.56. The predicted molar refractivity (Wildman–Crippen MR) is 103 cm³/mol. The van der Waals surface area contributed by atoms with E-state index in [0.29, 0.717) is 12.0 Å². The van der Waals surface area contributed by atoms with Crippen LogP contribution >= 0.6 is 12.4 Å². The second kappa shape index (κ2) is 8.72. The number of nitrogens with one attached hydrogen (secondary N) is 1. The van der Waals surface area contributed by atoms with E-state index >= 15 is 0 Å². The van der Waals surface area contributed by atoms with Crippen LogP contribution in [0, 0.1) is 5.41 Å². The molecule has 0 saturated carbocycles. The standard InChI is InChI=1S/C20H30N2O2.ClH/c1-2-19(23-13-1)15-24-18-5-3-17(4-6-18)14-22-12-9-20(16-22)7-10-21-11-8-20;/h3-6,19,21H,1-2,7-16H2;1H. The Morgan fingerprint density at radius 1 is 1.16 bits per heavy atom. The van der Waals surface area contributed by atoms with Crippen LogP contribution in [0.2, 0.25) is 0 Å². The molecule has 1 aromatic rings. The van der Waals surface area contributed by atoms with Crippen LogP contribution in [-0.2, 0) is 11.3 Å². The molecule has 3 saturated heterocycles. The summed E-state index contributed by atoms with van der Waals surface area (Å²) in [7, 11) is 0. The van der Waals surface area contributed by atoms with Crippen LogP contribution in [0.15, 0.2) is 24.3 Å². The minimum Gasteiger partial charge on any atom is -0.491 e. The lowest BCUT2D eigenvalue weighted by molar-refractivity contribution is 0.0679. The quantitative estimate of drug-likeness (QED) is 0.867. The van der Waals surface area contributed by atoms with Crippen molar-refractivity contribution >= 4 is 12.4 Å². The first-order valence-electron chi connectivity index (χ1n) is 9.58. The highest BCUT2D eigenvalue weighted by molar-refractivity contribution is 5.85. The molecule has 0 bridgehead atoms. The second-order valence-corrected chi connectivity index (χ2v) is 7.80. The number of likely N-dealkylation sites (tertiary alicyclic amines) is 1. The number of benzene rings is 1. The summed E-state index contributed by atoms with van der Waals surface area (Å²) in [4.78, 5) is 2.63. The van der Waals surface area contributed by atoms with E-state index in [-0.39, 0.29) is 18.5 Å². The first-order chi connectivity index (χ1) is 11.8. The van der Waals surface area contributed by atoms with Gasteiger partial charge in [0.15, 0.2) is 0 Å². The van der Waals surface area contributed by atoms with Crippen LogP contribution in [0.5, 0.6) is 5.75 Å². The van der Waals surface area contributed by atoms with E-state index in [4.69, 9.17) is 9.47 Å². The first kappa shape index (κ1) is 19.0. The Hall–Kier alpha value is -0.810. The molecule has 1 aromatic carbocycles. The van der Waals surface area contributed by atoms with E-state index in [1.807, 2.05) is 0 Å². The highest BCUT2D eigenvalue weighted by Crippen LogP contribution is 2.39. The summed E-state index contributed by atoms with van der Waals surface area (Å²) in [5.41, 5.74) is 1.99. The van der Waals surface area contributed by atoms with E-state index in [9.17, 15) is 0 Å². The van der Waals surface area contributed by atoms with E-state index in [0.717, 1.165) is 25.3 Å². The maximum absolute atomic E-state index is 5.86. The minimum atomic E-state index is 0. The van der Waals surface area contributed by atoms with Crippen LogP contribution < -0.4 is 10.1 Å². The van der Waals surface area contributed by atoms with Gasteiger partial charge in [0.2, 0.25) is 0 Å². The molecular weight excluding hydrogens is 336 g/mol. The molecule has 0 aromatic heterocycles. The second-order valence-electron chi connectivity index (χ2n) is 7.80. The average Bonchev–Trinajstić information content (AvgIpc) is 3.26. The van der Waals surface area contributed by atoms with Crippen LogP contribution in [0.1, 0.15) is 37.7 Å². The average molecular weight is 367 g/mol. The summed E-state index contributed by atoms with van der Waals surface area (Å²) in [5, 5.41) is 3.50. The fraction of sp³-hybridized carbons (Fsp3) is 0.700. The fourth-order valence-corrected chi connectivity index (χ4v) is 4.44. The van der Waals surface area contributed by atoms with Crippen LogP contribution in [0.4, 0.5) is 0 Å². The van der Waals surface area contributed by atoms with Crippen LogP contribution in [0.3, 0.4) is 0 Å². The molecule has 1 N–H and O–H groups in total. The minimum absolute atomic E-state index is 0. The number of hydrogen-bond acceptors (Lipinski definition) is 4. The van der Waals surface area contributed by atoms with Crippen molar-refractivity contribution in [1.29, 1.82) is 0 Å². The Bertz CT molecular complexity index is 525. The van der Waals surface area contributed by atoms with Crippen molar-refractivity contribution in [3.63, 3.8) is 0 Å². The molecule has 25 heavy (non-hydrogen) atoms. The zero-order valence-corrected chi connectivity index (χ0v) is 15.9. The zero-order valence-electron chi connectivity index (χ0n) is 15.0. The molecule has 1 spiro atoms. The molecule has 0 amide bonds. The Kier molecular flexibility index (Phi) is 6.61. The maximum Gasteiger partial charge on any atom is 0.119 e. The number of hydrogen-bond donors (Lipinski definition) is 1. The first-order valence-corrected chi connectivity index (χ1v) is 9.58. The van der Waals surface area contributed by atoms with Gasteiger partial charge >= 0.3 is 0 Å². The van der Waals surface area contributed by atoms with Gasteiger partial charge in [-0.2, -0.15) is 0 Å².